The molecule has 0 aliphatic carbocycles. The molecule has 0 saturated carbocycles. The van der Waals surface area contributed by atoms with Crippen LogP contribution < -0.4 is 4.74 Å². The minimum Gasteiger partial charge on any atom is -0.497 e. The first kappa shape index (κ1) is 17.6. The SMILES string of the molecule is COc1cc([C@H]2CCN(C(=O)OC(C)(C)C)C[C@@H]2C)c2occc2c1. The average Bonchev–Trinajstić information content (AvgIpc) is 3.00. The zero-order chi connectivity index (χ0) is 18.2. The Kier molecular flexibility index (Phi) is 4.67. The topological polar surface area (TPSA) is 51.9 Å². The number of hydrogen-bond acceptors (Lipinski definition) is 4. The largest absolute Gasteiger partial charge is 0.497 e. The molecule has 0 N–H and O–H groups in total. The van der Waals surface area contributed by atoms with Gasteiger partial charge in [-0.1, -0.05) is 6.92 Å². The normalized spacial score (nSPS) is 21.4. The number of furan rings is 1. The first-order valence-electron chi connectivity index (χ1n) is 8.81. The summed E-state index contributed by atoms with van der Waals surface area (Å²) < 4.78 is 16.7. The second-order valence-electron chi connectivity index (χ2n) is 7.85. The summed E-state index contributed by atoms with van der Waals surface area (Å²) in [5, 5.41) is 1.05. The highest BCUT2D eigenvalue weighted by Gasteiger charge is 2.33. The van der Waals surface area contributed by atoms with Crippen molar-refractivity contribution < 1.29 is 18.7 Å². The van der Waals surface area contributed by atoms with Crippen LogP contribution in [0.4, 0.5) is 4.79 Å². The van der Waals surface area contributed by atoms with Gasteiger partial charge in [-0.15, -0.1) is 0 Å². The molecule has 0 radical (unpaired) electrons. The van der Waals surface area contributed by atoms with Crippen molar-refractivity contribution in [1.82, 2.24) is 4.90 Å². The summed E-state index contributed by atoms with van der Waals surface area (Å²) in [6, 6.07) is 6.01. The summed E-state index contributed by atoms with van der Waals surface area (Å²) in [4.78, 5) is 14.2. The van der Waals surface area contributed by atoms with Gasteiger partial charge in [0.15, 0.2) is 0 Å². The first-order valence-corrected chi connectivity index (χ1v) is 8.81. The van der Waals surface area contributed by atoms with Crippen molar-refractivity contribution in [3.8, 4) is 5.75 Å². The predicted molar refractivity (Wildman–Crippen MR) is 97.1 cm³/mol. The van der Waals surface area contributed by atoms with Crippen LogP contribution in [0.3, 0.4) is 0 Å². The van der Waals surface area contributed by atoms with Crippen molar-refractivity contribution in [3.63, 3.8) is 0 Å². The van der Waals surface area contributed by atoms with Crippen LogP contribution in [0.15, 0.2) is 28.9 Å². The lowest BCUT2D eigenvalue weighted by Crippen LogP contribution is -2.44. The molecule has 0 spiro atoms. The van der Waals surface area contributed by atoms with E-state index in [9.17, 15) is 4.79 Å². The van der Waals surface area contributed by atoms with Crippen LogP contribution in [-0.2, 0) is 4.74 Å². The van der Waals surface area contributed by atoms with E-state index >= 15 is 0 Å². The highest BCUT2D eigenvalue weighted by molar-refractivity contribution is 5.83. The molecule has 1 fully saturated rings. The van der Waals surface area contributed by atoms with Gasteiger partial charge in [-0.3, -0.25) is 0 Å². The van der Waals surface area contributed by atoms with Crippen molar-refractivity contribution in [2.45, 2.75) is 45.6 Å². The minimum atomic E-state index is -0.468. The van der Waals surface area contributed by atoms with E-state index in [4.69, 9.17) is 13.9 Å². The number of ether oxygens (including phenoxy) is 2. The summed E-state index contributed by atoms with van der Waals surface area (Å²) in [5.41, 5.74) is 1.61. The molecule has 0 unspecified atom stereocenters. The summed E-state index contributed by atoms with van der Waals surface area (Å²) in [6.45, 7) is 9.22. The van der Waals surface area contributed by atoms with Gasteiger partial charge in [-0.2, -0.15) is 0 Å². The van der Waals surface area contributed by atoms with Crippen LogP contribution in [0.5, 0.6) is 5.75 Å². The smallest absolute Gasteiger partial charge is 0.410 e. The van der Waals surface area contributed by atoms with Crippen molar-refractivity contribution in [2.24, 2.45) is 5.92 Å². The maximum atomic E-state index is 12.3. The summed E-state index contributed by atoms with van der Waals surface area (Å²) in [7, 11) is 1.68. The van der Waals surface area contributed by atoms with E-state index in [1.54, 1.807) is 13.4 Å². The lowest BCUT2D eigenvalue weighted by molar-refractivity contribution is 0.0155. The van der Waals surface area contributed by atoms with E-state index < -0.39 is 5.60 Å². The molecule has 1 aromatic carbocycles. The summed E-state index contributed by atoms with van der Waals surface area (Å²) in [6.07, 6.45) is 2.36. The highest BCUT2D eigenvalue weighted by atomic mass is 16.6. The third kappa shape index (κ3) is 3.75. The Morgan fingerprint density at radius 3 is 2.72 bits per heavy atom. The maximum Gasteiger partial charge on any atom is 0.410 e. The Balaban J connectivity index is 1.80. The molecule has 1 aliphatic heterocycles. The van der Waals surface area contributed by atoms with Gasteiger partial charge in [-0.25, -0.2) is 4.79 Å². The number of carbonyl (C=O) groups excluding carboxylic acids is 1. The van der Waals surface area contributed by atoms with E-state index in [1.807, 2.05) is 37.8 Å². The molecule has 1 aromatic heterocycles. The van der Waals surface area contributed by atoms with Gasteiger partial charge in [-0.05, 0) is 57.2 Å². The Bertz CT molecular complexity index is 759. The molecule has 136 valence electrons. The molecule has 1 aliphatic rings. The molecular formula is C20H27NO4. The average molecular weight is 345 g/mol. The zero-order valence-electron chi connectivity index (χ0n) is 15.7. The number of piperidine rings is 1. The van der Waals surface area contributed by atoms with Gasteiger partial charge >= 0.3 is 6.09 Å². The van der Waals surface area contributed by atoms with Gasteiger partial charge in [0.2, 0.25) is 0 Å². The second-order valence-corrected chi connectivity index (χ2v) is 7.85. The molecule has 2 aromatic rings. The van der Waals surface area contributed by atoms with Crippen LogP contribution in [0.2, 0.25) is 0 Å². The fourth-order valence-electron chi connectivity index (χ4n) is 3.57. The molecule has 1 amide bonds. The number of rotatable bonds is 2. The lowest BCUT2D eigenvalue weighted by atomic mass is 9.81. The number of fused-ring (bicyclic) bond motifs is 1. The lowest BCUT2D eigenvalue weighted by Gasteiger charge is -2.37. The van der Waals surface area contributed by atoms with E-state index in [2.05, 4.69) is 13.0 Å². The Morgan fingerprint density at radius 2 is 2.08 bits per heavy atom. The van der Waals surface area contributed by atoms with E-state index in [0.29, 0.717) is 24.9 Å². The van der Waals surface area contributed by atoms with Crippen LogP contribution in [0.25, 0.3) is 11.0 Å². The monoisotopic (exact) mass is 345 g/mol. The minimum absolute atomic E-state index is 0.230. The third-order valence-electron chi connectivity index (χ3n) is 4.75. The molecule has 2 heterocycles. The fourth-order valence-corrected chi connectivity index (χ4v) is 3.57. The molecule has 5 nitrogen and oxygen atoms in total. The molecule has 25 heavy (non-hydrogen) atoms. The molecule has 2 atom stereocenters. The third-order valence-corrected chi connectivity index (χ3v) is 4.75. The van der Waals surface area contributed by atoms with Crippen molar-refractivity contribution in [1.29, 1.82) is 0 Å². The number of carbonyl (C=O) groups is 1. The van der Waals surface area contributed by atoms with Crippen LogP contribution in [-0.4, -0.2) is 36.8 Å². The van der Waals surface area contributed by atoms with Crippen molar-refractivity contribution in [2.75, 3.05) is 20.2 Å². The van der Waals surface area contributed by atoms with E-state index in [-0.39, 0.29) is 6.09 Å². The van der Waals surface area contributed by atoms with Crippen molar-refractivity contribution in [3.05, 3.63) is 30.0 Å². The van der Waals surface area contributed by atoms with Gasteiger partial charge < -0.3 is 18.8 Å². The van der Waals surface area contributed by atoms with Gasteiger partial charge in [0.05, 0.1) is 13.4 Å². The molecule has 3 rings (SSSR count). The first-order chi connectivity index (χ1) is 11.8. The Hall–Kier alpha value is -2.17. The number of benzene rings is 1. The van der Waals surface area contributed by atoms with Crippen molar-refractivity contribution >= 4 is 17.1 Å². The van der Waals surface area contributed by atoms with E-state index in [1.165, 1.54) is 0 Å². The number of nitrogens with zero attached hydrogens (tertiary/aromatic N) is 1. The van der Waals surface area contributed by atoms with Crippen LogP contribution in [0.1, 0.15) is 45.6 Å². The molecule has 1 saturated heterocycles. The number of likely N-dealkylation sites (tertiary alicyclic amines) is 1. The number of methoxy groups -OCH3 is 1. The predicted octanol–water partition coefficient (Wildman–Crippen LogP) is 4.80. The van der Waals surface area contributed by atoms with Gasteiger partial charge in [0.25, 0.3) is 0 Å². The summed E-state index contributed by atoms with van der Waals surface area (Å²) in [5.74, 6) is 1.47. The Morgan fingerprint density at radius 1 is 1.32 bits per heavy atom. The zero-order valence-corrected chi connectivity index (χ0v) is 15.7. The number of amides is 1. The standard InChI is InChI=1S/C20H27NO4/c1-13-12-21(19(22)25-20(2,3)4)8-6-16(13)17-11-15(23-5)10-14-7-9-24-18(14)17/h7,9-11,13,16H,6,8,12H2,1-5H3/t13-,16-/m0/s1. The van der Waals surface area contributed by atoms with Crippen LogP contribution >= 0.6 is 0 Å². The van der Waals surface area contributed by atoms with Gasteiger partial charge in [0.1, 0.15) is 16.9 Å². The molecular weight excluding hydrogens is 318 g/mol. The Labute approximate surface area is 148 Å². The van der Waals surface area contributed by atoms with Gasteiger partial charge in [0, 0.05) is 24.0 Å². The molecule has 5 heteroatoms. The maximum absolute atomic E-state index is 12.3. The quantitative estimate of drug-likeness (QED) is 0.784. The fraction of sp³-hybridized carbons (Fsp3) is 0.550. The second kappa shape index (κ2) is 6.62. The van der Waals surface area contributed by atoms with E-state index in [0.717, 1.165) is 28.7 Å². The molecule has 0 bridgehead atoms. The highest BCUT2D eigenvalue weighted by Crippen LogP contribution is 2.39. The summed E-state index contributed by atoms with van der Waals surface area (Å²) >= 11 is 0. The van der Waals surface area contributed by atoms with Crippen LogP contribution in [0, 0.1) is 5.92 Å². The number of hydrogen-bond donors (Lipinski definition) is 0.